The molecule has 1 atom stereocenters. The second kappa shape index (κ2) is 4.36. The highest BCUT2D eigenvalue weighted by molar-refractivity contribution is 6.32. The third kappa shape index (κ3) is 2.15. The highest BCUT2D eigenvalue weighted by atomic mass is 35.5. The van der Waals surface area contributed by atoms with Gasteiger partial charge >= 0.3 is 0 Å². The Morgan fingerprint density at radius 3 is 2.94 bits per heavy atom. The second-order valence-corrected chi connectivity index (χ2v) is 4.32. The van der Waals surface area contributed by atoms with Crippen LogP contribution in [0.2, 0.25) is 5.02 Å². The average molecular weight is 240 g/mol. The van der Waals surface area contributed by atoms with Gasteiger partial charge in [0.2, 0.25) is 6.79 Å². The van der Waals surface area contributed by atoms with Gasteiger partial charge in [-0.15, -0.1) is 0 Å². The van der Waals surface area contributed by atoms with Gasteiger partial charge in [-0.25, -0.2) is 0 Å². The predicted molar refractivity (Wildman–Crippen MR) is 64.9 cm³/mol. The molecule has 0 saturated carbocycles. The van der Waals surface area contributed by atoms with Crippen LogP contribution in [0.25, 0.3) is 6.08 Å². The molecule has 4 heteroatoms. The van der Waals surface area contributed by atoms with Crippen LogP contribution in [-0.4, -0.2) is 12.8 Å². The molecule has 2 N–H and O–H groups in total. The number of hydrogen-bond acceptors (Lipinski definition) is 3. The topological polar surface area (TPSA) is 44.5 Å². The first-order valence-electron chi connectivity index (χ1n) is 5.11. The van der Waals surface area contributed by atoms with Crippen molar-refractivity contribution in [3.8, 4) is 11.5 Å². The molecule has 1 unspecified atom stereocenters. The molecular formula is C12H14ClNO2. The minimum absolute atomic E-state index is 0.0317. The van der Waals surface area contributed by atoms with Gasteiger partial charge in [-0.2, -0.15) is 0 Å². The van der Waals surface area contributed by atoms with Crippen molar-refractivity contribution in [2.24, 2.45) is 5.73 Å². The number of halogens is 1. The fourth-order valence-electron chi connectivity index (χ4n) is 1.46. The molecule has 0 bridgehead atoms. The van der Waals surface area contributed by atoms with Crippen LogP contribution in [-0.2, 0) is 0 Å². The van der Waals surface area contributed by atoms with E-state index in [9.17, 15) is 0 Å². The third-order valence-electron chi connectivity index (χ3n) is 2.56. The van der Waals surface area contributed by atoms with E-state index in [0.29, 0.717) is 16.5 Å². The van der Waals surface area contributed by atoms with Crippen molar-refractivity contribution >= 4 is 17.7 Å². The van der Waals surface area contributed by atoms with Crippen molar-refractivity contribution in [3.63, 3.8) is 0 Å². The standard InChI is InChI=1S/C12H14ClNO2/c1-7(8(2)14)3-9-4-10(13)12-11(5-9)15-6-16-12/h3-5,8H,6,14H2,1-2H3/b7-3+. The molecule has 0 spiro atoms. The Morgan fingerprint density at radius 2 is 2.25 bits per heavy atom. The van der Waals surface area contributed by atoms with E-state index in [1.165, 1.54) is 0 Å². The molecular weight excluding hydrogens is 226 g/mol. The van der Waals surface area contributed by atoms with Gasteiger partial charge in [-0.1, -0.05) is 23.3 Å². The molecule has 0 aromatic heterocycles. The number of ether oxygens (including phenoxy) is 2. The normalized spacial score (nSPS) is 16.4. The summed E-state index contributed by atoms with van der Waals surface area (Å²) in [4.78, 5) is 0. The number of rotatable bonds is 2. The number of nitrogens with two attached hydrogens (primary N) is 1. The summed E-state index contributed by atoms with van der Waals surface area (Å²) in [5, 5.41) is 0.568. The zero-order valence-electron chi connectivity index (χ0n) is 9.29. The van der Waals surface area contributed by atoms with Gasteiger partial charge < -0.3 is 15.2 Å². The Labute approximate surface area is 99.8 Å². The van der Waals surface area contributed by atoms with Gasteiger partial charge in [0.15, 0.2) is 11.5 Å². The first-order valence-corrected chi connectivity index (χ1v) is 5.48. The van der Waals surface area contributed by atoms with Gasteiger partial charge in [-0.3, -0.25) is 0 Å². The largest absolute Gasteiger partial charge is 0.454 e. The molecule has 3 nitrogen and oxygen atoms in total. The van der Waals surface area contributed by atoms with Gasteiger partial charge in [0.1, 0.15) is 0 Å². The van der Waals surface area contributed by atoms with E-state index in [4.69, 9.17) is 26.8 Å². The lowest BCUT2D eigenvalue weighted by molar-refractivity contribution is 0.174. The van der Waals surface area contributed by atoms with Gasteiger partial charge in [0.05, 0.1) is 5.02 Å². The number of hydrogen-bond donors (Lipinski definition) is 1. The maximum Gasteiger partial charge on any atom is 0.231 e. The van der Waals surface area contributed by atoms with Crippen molar-refractivity contribution in [1.82, 2.24) is 0 Å². The van der Waals surface area contributed by atoms with Crippen molar-refractivity contribution < 1.29 is 9.47 Å². The van der Waals surface area contributed by atoms with E-state index in [1.54, 1.807) is 0 Å². The number of fused-ring (bicyclic) bond motifs is 1. The van der Waals surface area contributed by atoms with Crippen LogP contribution < -0.4 is 15.2 Å². The Bertz CT molecular complexity index is 441. The van der Waals surface area contributed by atoms with Crippen LogP contribution in [0, 0.1) is 0 Å². The molecule has 2 rings (SSSR count). The zero-order valence-corrected chi connectivity index (χ0v) is 10.0. The highest BCUT2D eigenvalue weighted by Crippen LogP contribution is 2.40. The van der Waals surface area contributed by atoms with Crippen LogP contribution >= 0.6 is 11.6 Å². The first-order chi connectivity index (χ1) is 7.58. The monoisotopic (exact) mass is 239 g/mol. The van der Waals surface area contributed by atoms with Gasteiger partial charge in [0, 0.05) is 6.04 Å². The summed E-state index contributed by atoms with van der Waals surface area (Å²) in [6.07, 6.45) is 2.00. The van der Waals surface area contributed by atoms with E-state index >= 15 is 0 Å². The number of benzene rings is 1. The summed E-state index contributed by atoms with van der Waals surface area (Å²) in [7, 11) is 0. The van der Waals surface area contributed by atoms with Gasteiger partial charge in [-0.05, 0) is 31.5 Å². The van der Waals surface area contributed by atoms with Crippen LogP contribution in [0.1, 0.15) is 19.4 Å². The summed E-state index contributed by atoms with van der Waals surface area (Å²) in [6, 6.07) is 3.78. The summed E-state index contributed by atoms with van der Waals surface area (Å²) in [5.74, 6) is 1.31. The fraction of sp³-hybridized carbons (Fsp3) is 0.333. The van der Waals surface area contributed by atoms with Gasteiger partial charge in [0.25, 0.3) is 0 Å². The molecule has 1 aromatic carbocycles. The highest BCUT2D eigenvalue weighted by Gasteiger charge is 2.17. The Kier molecular flexibility index (Phi) is 3.08. The molecule has 1 aromatic rings. The molecule has 1 heterocycles. The second-order valence-electron chi connectivity index (χ2n) is 3.91. The van der Waals surface area contributed by atoms with E-state index in [1.807, 2.05) is 32.1 Å². The molecule has 1 aliphatic rings. The smallest absolute Gasteiger partial charge is 0.231 e. The van der Waals surface area contributed by atoms with E-state index in [0.717, 1.165) is 11.1 Å². The molecule has 0 fully saturated rings. The molecule has 1 aliphatic heterocycles. The SMILES string of the molecule is C/C(=C\c1cc(Cl)c2c(c1)OCO2)C(C)N. The van der Waals surface area contributed by atoms with Crippen LogP contribution in [0.3, 0.4) is 0 Å². The summed E-state index contributed by atoms with van der Waals surface area (Å²) < 4.78 is 10.5. The molecule has 0 saturated heterocycles. The lowest BCUT2D eigenvalue weighted by Crippen LogP contribution is -2.15. The van der Waals surface area contributed by atoms with E-state index in [-0.39, 0.29) is 12.8 Å². The summed E-state index contributed by atoms with van der Waals surface area (Å²) in [6.45, 7) is 4.16. The Hall–Kier alpha value is -1.19. The van der Waals surface area contributed by atoms with Crippen LogP contribution in [0.15, 0.2) is 17.7 Å². The van der Waals surface area contributed by atoms with Crippen molar-refractivity contribution in [2.75, 3.05) is 6.79 Å². The minimum atomic E-state index is 0.0317. The lowest BCUT2D eigenvalue weighted by Gasteiger charge is -2.06. The molecule has 0 radical (unpaired) electrons. The van der Waals surface area contributed by atoms with Crippen molar-refractivity contribution in [3.05, 3.63) is 28.3 Å². The minimum Gasteiger partial charge on any atom is -0.454 e. The van der Waals surface area contributed by atoms with Crippen molar-refractivity contribution in [2.45, 2.75) is 19.9 Å². The fourth-order valence-corrected chi connectivity index (χ4v) is 1.74. The summed E-state index contributed by atoms with van der Waals surface area (Å²) >= 11 is 6.07. The first kappa shape index (κ1) is 11.3. The quantitative estimate of drug-likeness (QED) is 0.863. The van der Waals surface area contributed by atoms with Crippen LogP contribution in [0.5, 0.6) is 11.5 Å². The van der Waals surface area contributed by atoms with Crippen molar-refractivity contribution in [1.29, 1.82) is 0 Å². The summed E-state index contributed by atoms with van der Waals surface area (Å²) in [5.41, 5.74) is 7.85. The Balaban J connectivity index is 2.37. The third-order valence-corrected chi connectivity index (χ3v) is 2.84. The maximum absolute atomic E-state index is 6.07. The average Bonchev–Trinajstić information content (AvgIpc) is 2.65. The van der Waals surface area contributed by atoms with E-state index in [2.05, 4.69) is 0 Å². The lowest BCUT2D eigenvalue weighted by atomic mass is 10.1. The Morgan fingerprint density at radius 1 is 1.50 bits per heavy atom. The van der Waals surface area contributed by atoms with Crippen LogP contribution in [0.4, 0.5) is 0 Å². The molecule has 86 valence electrons. The van der Waals surface area contributed by atoms with E-state index < -0.39 is 0 Å². The maximum atomic E-state index is 6.07. The zero-order chi connectivity index (χ0) is 11.7. The molecule has 0 amide bonds. The molecule has 0 aliphatic carbocycles. The predicted octanol–water partition coefficient (Wildman–Crippen LogP) is 2.82. The molecule has 16 heavy (non-hydrogen) atoms.